The summed E-state index contributed by atoms with van der Waals surface area (Å²) in [4.78, 5) is 18.7. The number of likely N-dealkylation sites (tertiary alicyclic amines) is 1. The van der Waals surface area contributed by atoms with Crippen molar-refractivity contribution in [1.82, 2.24) is 14.6 Å². The molecule has 0 aromatic carbocycles. The molecule has 0 radical (unpaired) electrons. The average molecular weight is 367 g/mol. The molecule has 0 saturated carbocycles. The van der Waals surface area contributed by atoms with Crippen molar-refractivity contribution in [1.29, 1.82) is 0 Å². The number of hydrogen-bond donors (Lipinski definition) is 1. The molecule has 1 unspecified atom stereocenters. The van der Waals surface area contributed by atoms with Crippen molar-refractivity contribution >= 4 is 15.9 Å². The zero-order valence-corrected chi connectivity index (χ0v) is 15.7. The fourth-order valence-electron chi connectivity index (χ4n) is 3.53. The highest BCUT2D eigenvalue weighted by Gasteiger charge is 2.48. The van der Waals surface area contributed by atoms with Gasteiger partial charge in [-0.3, -0.25) is 9.78 Å². The summed E-state index contributed by atoms with van der Waals surface area (Å²) in [7, 11) is -3.17. The molecular formula is C17H25N3O4S. The van der Waals surface area contributed by atoms with Crippen molar-refractivity contribution in [2.45, 2.75) is 32.3 Å². The van der Waals surface area contributed by atoms with Crippen LogP contribution >= 0.6 is 0 Å². The number of carbonyl (C=O) groups is 1. The average Bonchev–Trinajstić information content (AvgIpc) is 2.49. The van der Waals surface area contributed by atoms with Crippen LogP contribution in [0.15, 0.2) is 12.1 Å². The lowest BCUT2D eigenvalue weighted by molar-refractivity contribution is -0.165. The van der Waals surface area contributed by atoms with Gasteiger partial charge in [0.05, 0.1) is 26.0 Å². The summed E-state index contributed by atoms with van der Waals surface area (Å²) in [6, 6.07) is 3.63. The van der Waals surface area contributed by atoms with E-state index in [2.05, 4.69) is 9.71 Å². The van der Waals surface area contributed by atoms with Gasteiger partial charge in [0.15, 0.2) is 0 Å². The van der Waals surface area contributed by atoms with Crippen LogP contribution in [0.2, 0.25) is 0 Å². The highest BCUT2D eigenvalue weighted by Crippen LogP contribution is 2.36. The van der Waals surface area contributed by atoms with Gasteiger partial charge in [-0.05, 0) is 44.7 Å². The van der Waals surface area contributed by atoms with Crippen molar-refractivity contribution in [3.8, 4) is 0 Å². The lowest BCUT2D eigenvalue weighted by atomic mass is 9.82. The zero-order valence-electron chi connectivity index (χ0n) is 14.9. The van der Waals surface area contributed by atoms with Gasteiger partial charge < -0.3 is 9.64 Å². The quantitative estimate of drug-likeness (QED) is 0.853. The van der Waals surface area contributed by atoms with Crippen LogP contribution in [0.1, 0.15) is 34.6 Å². The lowest BCUT2D eigenvalue weighted by Gasteiger charge is -2.52. The highest BCUT2D eigenvalue weighted by molar-refractivity contribution is 7.88. The molecule has 2 fully saturated rings. The Morgan fingerprint density at radius 3 is 2.52 bits per heavy atom. The minimum absolute atomic E-state index is 0.0173. The number of aromatic nitrogens is 1. The summed E-state index contributed by atoms with van der Waals surface area (Å²) >= 11 is 0. The van der Waals surface area contributed by atoms with Gasteiger partial charge in [0, 0.05) is 23.5 Å². The molecule has 3 rings (SSSR count). The SMILES string of the molecule is Cc1cc(C(=O)N2CC3(CCC(CNS(C)(=O)=O)CO3)C2)cc(C)n1. The molecule has 8 heteroatoms. The first-order valence-electron chi connectivity index (χ1n) is 8.49. The first-order valence-corrected chi connectivity index (χ1v) is 10.4. The molecule has 1 amide bonds. The number of pyridine rings is 1. The molecule has 7 nitrogen and oxygen atoms in total. The number of hydrogen-bond acceptors (Lipinski definition) is 5. The predicted octanol–water partition coefficient (Wildman–Crippen LogP) is 0.869. The van der Waals surface area contributed by atoms with Crippen LogP contribution < -0.4 is 4.72 Å². The molecule has 1 aromatic rings. The molecule has 2 aliphatic heterocycles. The van der Waals surface area contributed by atoms with Crippen molar-refractivity contribution in [3.63, 3.8) is 0 Å². The highest BCUT2D eigenvalue weighted by atomic mass is 32.2. The summed E-state index contributed by atoms with van der Waals surface area (Å²) in [5, 5.41) is 0. The van der Waals surface area contributed by atoms with Crippen LogP contribution in [0.5, 0.6) is 0 Å². The fourth-order valence-corrected chi connectivity index (χ4v) is 4.07. The van der Waals surface area contributed by atoms with Crippen LogP contribution in [0.4, 0.5) is 0 Å². The predicted molar refractivity (Wildman–Crippen MR) is 93.9 cm³/mol. The standard InChI is InChI=1S/C17H25N3O4S/c1-12-6-15(7-13(2)19-12)16(21)20-10-17(11-20)5-4-14(9-24-17)8-18-25(3,22)23/h6-7,14,18H,4-5,8-11H2,1-3H3. The van der Waals surface area contributed by atoms with E-state index >= 15 is 0 Å². The second-order valence-corrected chi connectivity index (χ2v) is 9.15. The lowest BCUT2D eigenvalue weighted by Crippen LogP contribution is -2.66. The number of carbonyl (C=O) groups excluding carboxylic acids is 1. The topological polar surface area (TPSA) is 88.6 Å². The first-order chi connectivity index (χ1) is 11.7. The van der Waals surface area contributed by atoms with E-state index in [1.807, 2.05) is 30.9 Å². The Balaban J connectivity index is 1.52. The molecule has 0 aliphatic carbocycles. The van der Waals surface area contributed by atoms with Crippen LogP contribution in [0.3, 0.4) is 0 Å². The molecule has 2 aliphatic rings. The third kappa shape index (κ3) is 4.37. The van der Waals surface area contributed by atoms with Crippen LogP contribution in [-0.2, 0) is 14.8 Å². The minimum Gasteiger partial charge on any atom is -0.371 e. The second kappa shape index (κ2) is 6.66. The van der Waals surface area contributed by atoms with Crippen molar-refractivity contribution in [2.75, 3.05) is 32.5 Å². The molecular weight excluding hydrogens is 342 g/mol. The number of nitrogens with one attached hydrogen (secondary N) is 1. The van der Waals surface area contributed by atoms with Gasteiger partial charge in [-0.1, -0.05) is 0 Å². The largest absolute Gasteiger partial charge is 0.371 e. The molecule has 138 valence electrons. The van der Waals surface area contributed by atoms with Crippen LogP contribution in [-0.4, -0.2) is 62.3 Å². The zero-order chi connectivity index (χ0) is 18.2. The van der Waals surface area contributed by atoms with Gasteiger partial charge in [0.1, 0.15) is 5.60 Å². The summed E-state index contributed by atoms with van der Waals surface area (Å²) in [5.41, 5.74) is 2.10. The third-order valence-corrected chi connectivity index (χ3v) is 5.53. The molecule has 25 heavy (non-hydrogen) atoms. The number of nitrogens with zero attached hydrogens (tertiary/aromatic N) is 2. The van der Waals surface area contributed by atoms with Crippen molar-refractivity contribution < 1.29 is 17.9 Å². The Kier molecular flexibility index (Phi) is 4.87. The van der Waals surface area contributed by atoms with E-state index in [9.17, 15) is 13.2 Å². The number of aryl methyl sites for hydroxylation is 2. The van der Waals surface area contributed by atoms with Gasteiger partial charge >= 0.3 is 0 Å². The fraction of sp³-hybridized carbons (Fsp3) is 0.647. The van der Waals surface area contributed by atoms with Gasteiger partial charge in [0.2, 0.25) is 10.0 Å². The molecule has 2 saturated heterocycles. The van der Waals surface area contributed by atoms with E-state index in [1.165, 1.54) is 0 Å². The maximum Gasteiger partial charge on any atom is 0.254 e. The molecule has 3 heterocycles. The van der Waals surface area contributed by atoms with Crippen LogP contribution in [0.25, 0.3) is 0 Å². The minimum atomic E-state index is -3.17. The van der Waals surface area contributed by atoms with Crippen molar-refractivity contribution in [2.24, 2.45) is 5.92 Å². The monoisotopic (exact) mass is 367 g/mol. The Labute approximate surface area is 148 Å². The molecule has 1 N–H and O–H groups in total. The maximum atomic E-state index is 12.6. The van der Waals surface area contributed by atoms with E-state index < -0.39 is 10.0 Å². The number of rotatable bonds is 4. The summed E-state index contributed by atoms with van der Waals surface area (Å²) in [6.45, 7) is 5.90. The smallest absolute Gasteiger partial charge is 0.254 e. The van der Waals surface area contributed by atoms with Crippen LogP contribution in [0, 0.1) is 19.8 Å². The van der Waals surface area contributed by atoms with Gasteiger partial charge in [-0.2, -0.15) is 0 Å². The Morgan fingerprint density at radius 1 is 1.36 bits per heavy atom. The maximum absolute atomic E-state index is 12.6. The Hall–Kier alpha value is -1.51. The van der Waals surface area contributed by atoms with Gasteiger partial charge in [-0.25, -0.2) is 13.1 Å². The molecule has 1 atom stereocenters. The Morgan fingerprint density at radius 2 is 2.00 bits per heavy atom. The van der Waals surface area contributed by atoms with E-state index in [-0.39, 0.29) is 17.4 Å². The molecule has 1 aromatic heterocycles. The normalized spacial score (nSPS) is 22.7. The Bertz CT molecular complexity index is 742. The van der Waals surface area contributed by atoms with E-state index in [0.717, 1.165) is 30.5 Å². The summed E-state index contributed by atoms with van der Waals surface area (Å²) in [5.74, 6) is 0.208. The van der Waals surface area contributed by atoms with Crippen molar-refractivity contribution in [3.05, 3.63) is 29.1 Å². The summed E-state index contributed by atoms with van der Waals surface area (Å²) < 4.78 is 30.9. The number of ether oxygens (including phenoxy) is 1. The van der Waals surface area contributed by atoms with E-state index in [1.54, 1.807) is 0 Å². The first kappa shape index (κ1) is 18.3. The molecule has 1 spiro atoms. The second-order valence-electron chi connectivity index (χ2n) is 7.32. The summed E-state index contributed by atoms with van der Waals surface area (Å²) in [6.07, 6.45) is 2.91. The van der Waals surface area contributed by atoms with E-state index in [4.69, 9.17) is 4.74 Å². The third-order valence-electron chi connectivity index (χ3n) is 4.84. The molecule has 0 bridgehead atoms. The number of amides is 1. The number of sulfonamides is 1. The van der Waals surface area contributed by atoms with E-state index in [0.29, 0.717) is 31.8 Å². The van der Waals surface area contributed by atoms with Gasteiger partial charge in [-0.15, -0.1) is 0 Å². The van der Waals surface area contributed by atoms with Gasteiger partial charge in [0.25, 0.3) is 5.91 Å².